The van der Waals surface area contributed by atoms with Crippen LogP contribution < -0.4 is 5.73 Å². The summed E-state index contributed by atoms with van der Waals surface area (Å²) < 4.78 is 26.3. The molecule has 1 aromatic rings. The minimum atomic E-state index is -3.56. The van der Waals surface area contributed by atoms with Gasteiger partial charge in [-0.05, 0) is 24.3 Å². The van der Waals surface area contributed by atoms with E-state index in [9.17, 15) is 13.2 Å². The van der Waals surface area contributed by atoms with E-state index in [1.165, 1.54) is 28.6 Å². The first-order chi connectivity index (χ1) is 9.93. The lowest BCUT2D eigenvalue weighted by Gasteiger charge is -2.33. The number of hydrogen-bond donors (Lipinski definition) is 1. The van der Waals surface area contributed by atoms with Crippen molar-refractivity contribution in [3.8, 4) is 6.07 Å². The number of primary amides is 1. The van der Waals surface area contributed by atoms with Gasteiger partial charge in [0.2, 0.25) is 15.9 Å². The summed E-state index contributed by atoms with van der Waals surface area (Å²) in [5.74, 6) is -0.418. The van der Waals surface area contributed by atoms with Crippen LogP contribution in [0, 0.1) is 11.3 Å². The lowest BCUT2D eigenvalue weighted by Crippen LogP contribution is -2.50. The first kappa shape index (κ1) is 15.4. The molecule has 7 nitrogen and oxygen atoms in total. The molecule has 0 atom stereocenters. The third-order valence-corrected chi connectivity index (χ3v) is 5.24. The van der Waals surface area contributed by atoms with Crippen molar-refractivity contribution in [2.24, 2.45) is 5.73 Å². The Hall–Kier alpha value is -1.95. The molecule has 2 rings (SSSR count). The number of hydrogen-bond acceptors (Lipinski definition) is 5. The summed E-state index contributed by atoms with van der Waals surface area (Å²) in [6.45, 7) is 1.72. The summed E-state index contributed by atoms with van der Waals surface area (Å²) in [4.78, 5) is 12.8. The summed E-state index contributed by atoms with van der Waals surface area (Å²) in [6.07, 6.45) is 0. The molecule has 0 radical (unpaired) electrons. The Morgan fingerprint density at radius 1 is 1.19 bits per heavy atom. The van der Waals surface area contributed by atoms with Crippen LogP contribution in [-0.4, -0.2) is 56.3 Å². The summed E-state index contributed by atoms with van der Waals surface area (Å²) in [5.41, 5.74) is 5.54. The Bertz CT molecular complexity index is 656. The SMILES string of the molecule is N#Cc1ccc(S(=O)(=O)N2CCN(CC(N)=O)CC2)cc1. The molecule has 0 saturated carbocycles. The van der Waals surface area contributed by atoms with Crippen molar-refractivity contribution in [1.29, 1.82) is 5.26 Å². The molecule has 1 aliphatic heterocycles. The Morgan fingerprint density at radius 3 is 2.24 bits per heavy atom. The van der Waals surface area contributed by atoms with Crippen molar-refractivity contribution in [3.05, 3.63) is 29.8 Å². The maximum absolute atomic E-state index is 12.4. The molecular weight excluding hydrogens is 292 g/mol. The Labute approximate surface area is 123 Å². The van der Waals surface area contributed by atoms with Gasteiger partial charge in [0.15, 0.2) is 0 Å². The van der Waals surface area contributed by atoms with Crippen molar-refractivity contribution in [2.45, 2.75) is 4.90 Å². The third-order valence-electron chi connectivity index (χ3n) is 3.33. The van der Waals surface area contributed by atoms with E-state index in [1.807, 2.05) is 11.0 Å². The van der Waals surface area contributed by atoms with Gasteiger partial charge in [-0.3, -0.25) is 9.69 Å². The van der Waals surface area contributed by atoms with Crippen LogP contribution in [0.1, 0.15) is 5.56 Å². The molecule has 1 aromatic carbocycles. The van der Waals surface area contributed by atoms with Gasteiger partial charge in [0.05, 0.1) is 23.1 Å². The minimum Gasteiger partial charge on any atom is -0.369 e. The molecule has 0 aliphatic carbocycles. The summed E-state index contributed by atoms with van der Waals surface area (Å²) in [5, 5.41) is 8.73. The van der Waals surface area contributed by atoms with E-state index in [0.717, 1.165) is 0 Å². The van der Waals surface area contributed by atoms with E-state index in [-0.39, 0.29) is 11.4 Å². The highest BCUT2D eigenvalue weighted by molar-refractivity contribution is 7.89. The molecule has 21 heavy (non-hydrogen) atoms. The number of nitrogens with zero attached hydrogens (tertiary/aromatic N) is 3. The van der Waals surface area contributed by atoms with Crippen molar-refractivity contribution in [2.75, 3.05) is 32.7 Å². The molecule has 1 heterocycles. The fourth-order valence-electron chi connectivity index (χ4n) is 2.20. The van der Waals surface area contributed by atoms with Crippen LogP contribution in [0.15, 0.2) is 29.2 Å². The predicted octanol–water partition coefficient (Wildman–Crippen LogP) is -0.650. The first-order valence-electron chi connectivity index (χ1n) is 6.44. The maximum atomic E-state index is 12.4. The second-order valence-electron chi connectivity index (χ2n) is 4.78. The normalized spacial score (nSPS) is 17.3. The van der Waals surface area contributed by atoms with Crippen molar-refractivity contribution >= 4 is 15.9 Å². The fourth-order valence-corrected chi connectivity index (χ4v) is 3.62. The fraction of sp³-hybridized carbons (Fsp3) is 0.385. The van der Waals surface area contributed by atoms with E-state index < -0.39 is 15.9 Å². The highest BCUT2D eigenvalue weighted by Crippen LogP contribution is 2.18. The topological polar surface area (TPSA) is 108 Å². The number of nitrogens with two attached hydrogens (primary N) is 1. The molecule has 0 spiro atoms. The van der Waals surface area contributed by atoms with Crippen LogP contribution in [0.3, 0.4) is 0 Å². The largest absolute Gasteiger partial charge is 0.369 e. The Kier molecular flexibility index (Phi) is 4.57. The number of carbonyl (C=O) groups excluding carboxylic acids is 1. The zero-order chi connectivity index (χ0) is 15.5. The minimum absolute atomic E-state index is 0.144. The number of sulfonamides is 1. The lowest BCUT2D eigenvalue weighted by molar-refractivity contribution is -0.119. The lowest BCUT2D eigenvalue weighted by atomic mass is 10.2. The predicted molar refractivity (Wildman–Crippen MR) is 75.6 cm³/mol. The molecule has 112 valence electrons. The monoisotopic (exact) mass is 308 g/mol. The Balaban J connectivity index is 2.07. The summed E-state index contributed by atoms with van der Waals surface area (Å²) in [7, 11) is -3.56. The number of amides is 1. The average molecular weight is 308 g/mol. The standard InChI is InChI=1S/C13H16N4O3S/c14-9-11-1-3-12(4-2-11)21(19,20)17-7-5-16(6-8-17)10-13(15)18/h1-4H,5-8,10H2,(H2,15,18). The van der Waals surface area contributed by atoms with Gasteiger partial charge in [-0.1, -0.05) is 0 Å². The first-order valence-corrected chi connectivity index (χ1v) is 7.88. The summed E-state index contributed by atoms with van der Waals surface area (Å²) >= 11 is 0. The van der Waals surface area contributed by atoms with Crippen LogP contribution in [0.2, 0.25) is 0 Å². The second kappa shape index (κ2) is 6.22. The third kappa shape index (κ3) is 3.58. The van der Waals surface area contributed by atoms with Gasteiger partial charge in [-0.25, -0.2) is 8.42 Å². The highest BCUT2D eigenvalue weighted by Gasteiger charge is 2.28. The van der Waals surface area contributed by atoms with E-state index in [4.69, 9.17) is 11.0 Å². The van der Waals surface area contributed by atoms with Gasteiger partial charge in [0.1, 0.15) is 0 Å². The molecule has 8 heteroatoms. The van der Waals surface area contributed by atoms with Crippen molar-refractivity contribution in [3.63, 3.8) is 0 Å². The zero-order valence-corrected chi connectivity index (χ0v) is 12.2. The van der Waals surface area contributed by atoms with Gasteiger partial charge < -0.3 is 5.73 Å². The maximum Gasteiger partial charge on any atom is 0.243 e. The molecule has 0 bridgehead atoms. The van der Waals surface area contributed by atoms with E-state index >= 15 is 0 Å². The van der Waals surface area contributed by atoms with Gasteiger partial charge >= 0.3 is 0 Å². The van der Waals surface area contributed by atoms with Crippen LogP contribution in [0.4, 0.5) is 0 Å². The van der Waals surface area contributed by atoms with E-state index in [0.29, 0.717) is 31.7 Å². The van der Waals surface area contributed by atoms with Crippen LogP contribution in [-0.2, 0) is 14.8 Å². The molecular formula is C13H16N4O3S. The van der Waals surface area contributed by atoms with Crippen molar-refractivity contribution < 1.29 is 13.2 Å². The van der Waals surface area contributed by atoms with Crippen LogP contribution in [0.5, 0.6) is 0 Å². The number of benzene rings is 1. The van der Waals surface area contributed by atoms with Crippen LogP contribution in [0.25, 0.3) is 0 Å². The van der Waals surface area contributed by atoms with E-state index in [2.05, 4.69) is 0 Å². The molecule has 0 aromatic heterocycles. The van der Waals surface area contributed by atoms with Crippen molar-refractivity contribution in [1.82, 2.24) is 9.21 Å². The average Bonchev–Trinajstić information content (AvgIpc) is 2.47. The zero-order valence-electron chi connectivity index (χ0n) is 11.4. The molecule has 1 aliphatic rings. The van der Waals surface area contributed by atoms with Gasteiger partial charge in [-0.2, -0.15) is 9.57 Å². The van der Waals surface area contributed by atoms with Crippen LogP contribution >= 0.6 is 0 Å². The van der Waals surface area contributed by atoms with Gasteiger partial charge in [0, 0.05) is 26.2 Å². The highest BCUT2D eigenvalue weighted by atomic mass is 32.2. The Morgan fingerprint density at radius 2 is 1.76 bits per heavy atom. The number of piperazine rings is 1. The van der Waals surface area contributed by atoms with Gasteiger partial charge in [0.25, 0.3) is 0 Å². The number of nitriles is 1. The molecule has 0 unspecified atom stereocenters. The summed E-state index contributed by atoms with van der Waals surface area (Å²) in [6, 6.07) is 7.78. The number of carbonyl (C=O) groups is 1. The second-order valence-corrected chi connectivity index (χ2v) is 6.72. The molecule has 2 N–H and O–H groups in total. The smallest absolute Gasteiger partial charge is 0.243 e. The molecule has 1 amide bonds. The van der Waals surface area contributed by atoms with Gasteiger partial charge in [-0.15, -0.1) is 0 Å². The number of rotatable bonds is 4. The molecule has 1 saturated heterocycles. The molecule has 1 fully saturated rings. The quantitative estimate of drug-likeness (QED) is 0.795. The van der Waals surface area contributed by atoms with E-state index in [1.54, 1.807) is 0 Å².